The first-order valence-corrected chi connectivity index (χ1v) is 6.15. The van der Waals surface area contributed by atoms with Crippen LogP contribution in [-0.2, 0) is 6.54 Å². The van der Waals surface area contributed by atoms with Gasteiger partial charge in [0.25, 0.3) is 0 Å². The Morgan fingerprint density at radius 2 is 2.19 bits per heavy atom. The van der Waals surface area contributed by atoms with Crippen LogP contribution in [0.3, 0.4) is 0 Å². The van der Waals surface area contributed by atoms with Crippen molar-refractivity contribution >= 4 is 0 Å². The lowest BCUT2D eigenvalue weighted by Crippen LogP contribution is -2.30. The van der Waals surface area contributed by atoms with Crippen molar-refractivity contribution < 1.29 is 0 Å². The van der Waals surface area contributed by atoms with E-state index >= 15 is 0 Å². The van der Waals surface area contributed by atoms with E-state index in [1.807, 2.05) is 10.9 Å². The molecule has 0 fully saturated rings. The molecule has 0 aliphatic heterocycles. The molecule has 0 amide bonds. The summed E-state index contributed by atoms with van der Waals surface area (Å²) in [5.74, 6) is 0. The van der Waals surface area contributed by atoms with Gasteiger partial charge in [-0.3, -0.25) is 9.58 Å². The fourth-order valence-electron chi connectivity index (χ4n) is 1.98. The molecule has 0 aliphatic carbocycles. The number of hydrogen-bond acceptors (Lipinski definition) is 3. The monoisotopic (exact) mass is 224 g/mol. The van der Waals surface area contributed by atoms with Crippen molar-refractivity contribution in [1.82, 2.24) is 14.7 Å². The van der Waals surface area contributed by atoms with Gasteiger partial charge in [0.1, 0.15) is 0 Å². The van der Waals surface area contributed by atoms with E-state index in [1.165, 1.54) is 5.56 Å². The van der Waals surface area contributed by atoms with Gasteiger partial charge >= 0.3 is 0 Å². The number of aromatic nitrogens is 2. The standard InChI is InChI=1S/C12H24N4/c1-4-6-15(3)12(8-13)11-9-14-16(10-11)7-5-2/h9-10,12H,4-8,13H2,1-3H3. The SMILES string of the molecule is CCCN(C)C(CN)c1cnn(CCC)c1. The number of aryl methyl sites for hydroxylation is 1. The molecule has 0 saturated carbocycles. The molecular weight excluding hydrogens is 200 g/mol. The Balaban J connectivity index is 2.70. The number of likely N-dealkylation sites (N-methyl/N-ethyl adjacent to an activating group) is 1. The maximum atomic E-state index is 5.84. The predicted octanol–water partition coefficient (Wildman–Crippen LogP) is 1.63. The van der Waals surface area contributed by atoms with Crippen LogP contribution in [0, 0.1) is 0 Å². The number of rotatable bonds is 7. The van der Waals surface area contributed by atoms with Crippen LogP contribution >= 0.6 is 0 Å². The molecule has 1 rings (SSSR count). The number of hydrogen-bond donors (Lipinski definition) is 1. The Hall–Kier alpha value is -0.870. The molecule has 0 aromatic carbocycles. The van der Waals surface area contributed by atoms with E-state index in [2.05, 4.69) is 37.1 Å². The smallest absolute Gasteiger partial charge is 0.0538 e. The highest BCUT2D eigenvalue weighted by molar-refractivity contribution is 5.11. The van der Waals surface area contributed by atoms with Gasteiger partial charge in [0.2, 0.25) is 0 Å². The minimum Gasteiger partial charge on any atom is -0.329 e. The zero-order valence-electron chi connectivity index (χ0n) is 10.7. The first-order chi connectivity index (χ1) is 7.72. The summed E-state index contributed by atoms with van der Waals surface area (Å²) in [6.07, 6.45) is 6.32. The summed E-state index contributed by atoms with van der Waals surface area (Å²) in [5, 5.41) is 4.35. The molecule has 4 nitrogen and oxygen atoms in total. The van der Waals surface area contributed by atoms with E-state index in [4.69, 9.17) is 5.73 Å². The maximum Gasteiger partial charge on any atom is 0.0538 e. The molecular formula is C12H24N4. The molecule has 1 atom stereocenters. The van der Waals surface area contributed by atoms with Gasteiger partial charge in [0.15, 0.2) is 0 Å². The predicted molar refractivity (Wildman–Crippen MR) is 67.2 cm³/mol. The molecule has 0 aliphatic rings. The van der Waals surface area contributed by atoms with Gasteiger partial charge in [-0.25, -0.2) is 0 Å². The summed E-state index contributed by atoms with van der Waals surface area (Å²) in [4.78, 5) is 2.30. The number of nitrogens with two attached hydrogens (primary N) is 1. The molecule has 92 valence electrons. The van der Waals surface area contributed by atoms with Crippen molar-refractivity contribution in [2.75, 3.05) is 20.1 Å². The molecule has 0 saturated heterocycles. The van der Waals surface area contributed by atoms with E-state index in [1.54, 1.807) is 0 Å². The Bertz CT molecular complexity index is 295. The molecule has 16 heavy (non-hydrogen) atoms. The van der Waals surface area contributed by atoms with Crippen LogP contribution < -0.4 is 5.73 Å². The average molecular weight is 224 g/mol. The highest BCUT2D eigenvalue weighted by Crippen LogP contribution is 2.17. The van der Waals surface area contributed by atoms with Crippen LogP contribution in [0.4, 0.5) is 0 Å². The zero-order valence-corrected chi connectivity index (χ0v) is 10.7. The van der Waals surface area contributed by atoms with E-state index in [0.29, 0.717) is 12.6 Å². The molecule has 0 spiro atoms. The van der Waals surface area contributed by atoms with Gasteiger partial charge < -0.3 is 5.73 Å². The van der Waals surface area contributed by atoms with Gasteiger partial charge in [0.05, 0.1) is 6.20 Å². The van der Waals surface area contributed by atoms with Crippen molar-refractivity contribution in [3.05, 3.63) is 18.0 Å². The zero-order chi connectivity index (χ0) is 12.0. The minimum absolute atomic E-state index is 0.297. The van der Waals surface area contributed by atoms with E-state index < -0.39 is 0 Å². The molecule has 1 aromatic heterocycles. The van der Waals surface area contributed by atoms with Crippen molar-refractivity contribution in [2.45, 2.75) is 39.3 Å². The molecule has 0 bridgehead atoms. The highest BCUT2D eigenvalue weighted by Gasteiger charge is 2.16. The van der Waals surface area contributed by atoms with Crippen molar-refractivity contribution in [1.29, 1.82) is 0 Å². The van der Waals surface area contributed by atoms with E-state index in [0.717, 1.165) is 25.9 Å². The Kier molecular flexibility index (Phi) is 5.49. The summed E-state index contributed by atoms with van der Waals surface area (Å²) in [6, 6.07) is 0.297. The summed E-state index contributed by atoms with van der Waals surface area (Å²) in [6.45, 7) is 7.04. The quantitative estimate of drug-likeness (QED) is 0.766. The average Bonchev–Trinajstić information content (AvgIpc) is 2.68. The van der Waals surface area contributed by atoms with E-state index in [-0.39, 0.29) is 0 Å². The maximum absolute atomic E-state index is 5.84. The van der Waals surface area contributed by atoms with Gasteiger partial charge in [-0.2, -0.15) is 5.10 Å². The molecule has 1 heterocycles. The Morgan fingerprint density at radius 3 is 2.75 bits per heavy atom. The van der Waals surface area contributed by atoms with Crippen molar-refractivity contribution in [2.24, 2.45) is 5.73 Å². The van der Waals surface area contributed by atoms with E-state index in [9.17, 15) is 0 Å². The van der Waals surface area contributed by atoms with Crippen LogP contribution in [0.2, 0.25) is 0 Å². The third kappa shape index (κ3) is 3.32. The summed E-state index contributed by atoms with van der Waals surface area (Å²) >= 11 is 0. The molecule has 0 radical (unpaired) electrons. The van der Waals surface area contributed by atoms with Crippen LogP contribution in [0.5, 0.6) is 0 Å². The topological polar surface area (TPSA) is 47.1 Å². The first kappa shape index (κ1) is 13.2. The van der Waals surface area contributed by atoms with Crippen LogP contribution in [0.1, 0.15) is 38.3 Å². The summed E-state index contributed by atoms with van der Waals surface area (Å²) in [7, 11) is 2.12. The second-order valence-electron chi connectivity index (χ2n) is 4.27. The lowest BCUT2D eigenvalue weighted by Gasteiger charge is -2.25. The van der Waals surface area contributed by atoms with Gasteiger partial charge in [-0.15, -0.1) is 0 Å². The lowest BCUT2D eigenvalue weighted by atomic mass is 10.1. The number of nitrogens with zero attached hydrogens (tertiary/aromatic N) is 3. The van der Waals surface area contributed by atoms with Crippen LogP contribution in [0.15, 0.2) is 12.4 Å². The fourth-order valence-corrected chi connectivity index (χ4v) is 1.98. The Labute approximate surface area is 98.4 Å². The summed E-state index contributed by atoms with van der Waals surface area (Å²) < 4.78 is 2.00. The molecule has 1 aromatic rings. The highest BCUT2D eigenvalue weighted by atomic mass is 15.3. The second kappa shape index (κ2) is 6.66. The largest absolute Gasteiger partial charge is 0.329 e. The summed E-state index contributed by atoms with van der Waals surface area (Å²) in [5.41, 5.74) is 7.07. The Morgan fingerprint density at radius 1 is 1.44 bits per heavy atom. The van der Waals surface area contributed by atoms with Gasteiger partial charge in [0, 0.05) is 30.9 Å². The third-order valence-corrected chi connectivity index (χ3v) is 2.82. The first-order valence-electron chi connectivity index (χ1n) is 6.15. The van der Waals surface area contributed by atoms with Crippen LogP contribution in [-0.4, -0.2) is 34.8 Å². The molecule has 2 N–H and O–H groups in total. The second-order valence-corrected chi connectivity index (χ2v) is 4.27. The van der Waals surface area contributed by atoms with Gasteiger partial charge in [-0.1, -0.05) is 13.8 Å². The van der Waals surface area contributed by atoms with Crippen molar-refractivity contribution in [3.8, 4) is 0 Å². The third-order valence-electron chi connectivity index (χ3n) is 2.82. The molecule has 1 unspecified atom stereocenters. The normalized spacial score (nSPS) is 13.3. The van der Waals surface area contributed by atoms with Crippen molar-refractivity contribution in [3.63, 3.8) is 0 Å². The van der Waals surface area contributed by atoms with Crippen LogP contribution in [0.25, 0.3) is 0 Å². The lowest BCUT2D eigenvalue weighted by molar-refractivity contribution is 0.250. The van der Waals surface area contributed by atoms with Gasteiger partial charge in [-0.05, 0) is 26.4 Å². The fraction of sp³-hybridized carbons (Fsp3) is 0.750. The molecule has 4 heteroatoms. The minimum atomic E-state index is 0.297.